The van der Waals surface area contributed by atoms with Gasteiger partial charge in [-0.25, -0.2) is 4.39 Å². The van der Waals surface area contributed by atoms with Gasteiger partial charge in [0.1, 0.15) is 6.61 Å². The molecule has 0 spiro atoms. The van der Waals surface area contributed by atoms with Gasteiger partial charge in [0.15, 0.2) is 11.6 Å². The molecule has 3 nitrogen and oxygen atoms in total. The van der Waals surface area contributed by atoms with Crippen LogP contribution in [-0.4, -0.2) is 37.2 Å². The highest BCUT2D eigenvalue weighted by molar-refractivity contribution is 5.23. The SMILES string of the molecule is CCN(CCOc1ccccc1F)C1CCCCC1CN. The lowest BCUT2D eigenvalue weighted by molar-refractivity contribution is 0.0950. The monoisotopic (exact) mass is 294 g/mol. The molecule has 1 aliphatic carbocycles. The number of hydrogen-bond donors (Lipinski definition) is 1. The van der Waals surface area contributed by atoms with Gasteiger partial charge in [-0.3, -0.25) is 4.90 Å². The third kappa shape index (κ3) is 4.42. The second-order valence-corrected chi connectivity index (χ2v) is 5.76. The van der Waals surface area contributed by atoms with Crippen LogP contribution in [0.5, 0.6) is 5.75 Å². The van der Waals surface area contributed by atoms with E-state index >= 15 is 0 Å². The summed E-state index contributed by atoms with van der Waals surface area (Å²) in [5.74, 6) is 0.637. The molecule has 1 saturated carbocycles. The summed E-state index contributed by atoms with van der Waals surface area (Å²) in [6.07, 6.45) is 5.02. The van der Waals surface area contributed by atoms with Gasteiger partial charge in [-0.15, -0.1) is 0 Å². The highest BCUT2D eigenvalue weighted by Crippen LogP contribution is 2.27. The second kappa shape index (κ2) is 8.35. The van der Waals surface area contributed by atoms with E-state index in [1.807, 2.05) is 0 Å². The van der Waals surface area contributed by atoms with Gasteiger partial charge in [0, 0.05) is 12.6 Å². The quantitative estimate of drug-likeness (QED) is 0.840. The number of para-hydroxylation sites is 1. The number of nitrogens with two attached hydrogens (primary N) is 1. The minimum absolute atomic E-state index is 0.293. The zero-order chi connectivity index (χ0) is 15.1. The average Bonchev–Trinajstić information content (AvgIpc) is 2.53. The minimum Gasteiger partial charge on any atom is -0.489 e. The van der Waals surface area contributed by atoms with Crippen molar-refractivity contribution in [3.05, 3.63) is 30.1 Å². The van der Waals surface area contributed by atoms with Crippen LogP contribution in [0.3, 0.4) is 0 Å². The first-order valence-electron chi connectivity index (χ1n) is 8.07. The molecule has 0 aromatic heterocycles. The fourth-order valence-corrected chi connectivity index (χ4v) is 3.34. The molecule has 2 N–H and O–H groups in total. The summed E-state index contributed by atoms with van der Waals surface area (Å²) in [7, 11) is 0. The molecule has 1 fully saturated rings. The van der Waals surface area contributed by atoms with E-state index in [9.17, 15) is 4.39 Å². The fraction of sp³-hybridized carbons (Fsp3) is 0.647. The van der Waals surface area contributed by atoms with Crippen LogP contribution in [0.4, 0.5) is 4.39 Å². The molecular formula is C17H27FN2O. The van der Waals surface area contributed by atoms with E-state index < -0.39 is 0 Å². The van der Waals surface area contributed by atoms with Crippen LogP contribution in [0, 0.1) is 11.7 Å². The number of ether oxygens (including phenoxy) is 1. The summed E-state index contributed by atoms with van der Waals surface area (Å²) in [5, 5.41) is 0. The van der Waals surface area contributed by atoms with Crippen LogP contribution in [-0.2, 0) is 0 Å². The summed E-state index contributed by atoms with van der Waals surface area (Å²) >= 11 is 0. The predicted octanol–water partition coefficient (Wildman–Crippen LogP) is 3.04. The molecule has 4 heteroatoms. The molecule has 2 unspecified atom stereocenters. The third-order valence-corrected chi connectivity index (χ3v) is 4.52. The van der Waals surface area contributed by atoms with E-state index in [4.69, 9.17) is 10.5 Å². The van der Waals surface area contributed by atoms with Crippen molar-refractivity contribution in [1.82, 2.24) is 4.90 Å². The van der Waals surface area contributed by atoms with E-state index in [1.165, 1.54) is 31.7 Å². The van der Waals surface area contributed by atoms with E-state index in [2.05, 4.69) is 11.8 Å². The Kier molecular flexibility index (Phi) is 6.46. The smallest absolute Gasteiger partial charge is 0.165 e. The van der Waals surface area contributed by atoms with Gasteiger partial charge in [-0.05, 0) is 44.0 Å². The number of likely N-dealkylation sites (N-methyl/N-ethyl adjacent to an activating group) is 1. The zero-order valence-corrected chi connectivity index (χ0v) is 12.9. The molecule has 21 heavy (non-hydrogen) atoms. The maximum atomic E-state index is 13.5. The number of hydrogen-bond acceptors (Lipinski definition) is 3. The maximum absolute atomic E-state index is 13.5. The van der Waals surface area contributed by atoms with Gasteiger partial charge < -0.3 is 10.5 Å². The largest absolute Gasteiger partial charge is 0.489 e. The van der Waals surface area contributed by atoms with Gasteiger partial charge in [0.05, 0.1) is 0 Å². The summed E-state index contributed by atoms with van der Waals surface area (Å²) < 4.78 is 19.1. The van der Waals surface area contributed by atoms with Crippen molar-refractivity contribution >= 4 is 0 Å². The van der Waals surface area contributed by atoms with Crippen molar-refractivity contribution in [3.63, 3.8) is 0 Å². The van der Waals surface area contributed by atoms with Crippen molar-refractivity contribution in [2.24, 2.45) is 11.7 Å². The minimum atomic E-state index is -0.293. The van der Waals surface area contributed by atoms with Crippen LogP contribution in [0.1, 0.15) is 32.6 Å². The van der Waals surface area contributed by atoms with Crippen molar-refractivity contribution < 1.29 is 9.13 Å². The first-order chi connectivity index (χ1) is 10.3. The Morgan fingerprint density at radius 3 is 2.76 bits per heavy atom. The van der Waals surface area contributed by atoms with Crippen LogP contribution >= 0.6 is 0 Å². The Morgan fingerprint density at radius 1 is 1.29 bits per heavy atom. The Bertz CT molecular complexity index is 427. The first-order valence-corrected chi connectivity index (χ1v) is 8.07. The van der Waals surface area contributed by atoms with Crippen LogP contribution in [0.15, 0.2) is 24.3 Å². The molecule has 0 bridgehead atoms. The van der Waals surface area contributed by atoms with Crippen LogP contribution < -0.4 is 10.5 Å². The summed E-state index contributed by atoms with van der Waals surface area (Å²) in [6.45, 7) is 5.26. The topological polar surface area (TPSA) is 38.5 Å². The molecule has 0 radical (unpaired) electrons. The Morgan fingerprint density at radius 2 is 2.05 bits per heavy atom. The van der Waals surface area contributed by atoms with Crippen LogP contribution in [0.25, 0.3) is 0 Å². The highest BCUT2D eigenvalue weighted by Gasteiger charge is 2.28. The molecule has 0 aliphatic heterocycles. The molecule has 0 amide bonds. The molecule has 2 rings (SSSR count). The standard InChI is InChI=1S/C17H27FN2O/c1-2-20(16-9-5-3-7-14(16)13-19)11-12-21-17-10-6-4-8-15(17)18/h4,6,8,10,14,16H,2-3,5,7,9,11-13,19H2,1H3. The van der Waals surface area contributed by atoms with Crippen LogP contribution in [0.2, 0.25) is 0 Å². The van der Waals surface area contributed by atoms with Gasteiger partial charge in [0.25, 0.3) is 0 Å². The van der Waals surface area contributed by atoms with Gasteiger partial charge in [0.2, 0.25) is 0 Å². The molecule has 0 heterocycles. The van der Waals surface area contributed by atoms with E-state index in [1.54, 1.807) is 18.2 Å². The van der Waals surface area contributed by atoms with Gasteiger partial charge in [-0.1, -0.05) is 31.9 Å². The lowest BCUT2D eigenvalue weighted by Gasteiger charge is -2.39. The lowest BCUT2D eigenvalue weighted by atomic mass is 9.83. The summed E-state index contributed by atoms with van der Waals surface area (Å²) in [5.41, 5.74) is 5.92. The average molecular weight is 294 g/mol. The van der Waals surface area contributed by atoms with Crippen molar-refractivity contribution in [3.8, 4) is 5.75 Å². The fourth-order valence-electron chi connectivity index (χ4n) is 3.34. The van der Waals surface area contributed by atoms with E-state index in [-0.39, 0.29) is 5.82 Å². The summed E-state index contributed by atoms with van der Waals surface area (Å²) in [4.78, 5) is 2.44. The van der Waals surface area contributed by atoms with E-state index in [0.29, 0.717) is 24.3 Å². The second-order valence-electron chi connectivity index (χ2n) is 5.76. The van der Waals surface area contributed by atoms with Gasteiger partial charge in [-0.2, -0.15) is 0 Å². The number of nitrogens with zero attached hydrogens (tertiary/aromatic N) is 1. The molecule has 0 saturated heterocycles. The normalized spacial score (nSPS) is 22.5. The molecule has 1 aliphatic rings. The Labute approximate surface area is 127 Å². The third-order valence-electron chi connectivity index (χ3n) is 4.52. The number of rotatable bonds is 7. The summed E-state index contributed by atoms with van der Waals surface area (Å²) in [6, 6.07) is 7.13. The molecular weight excluding hydrogens is 267 g/mol. The van der Waals surface area contributed by atoms with Crippen molar-refractivity contribution in [2.45, 2.75) is 38.6 Å². The molecule has 1 aromatic rings. The van der Waals surface area contributed by atoms with Gasteiger partial charge >= 0.3 is 0 Å². The lowest BCUT2D eigenvalue weighted by Crippen LogP contribution is -2.46. The highest BCUT2D eigenvalue weighted by atomic mass is 19.1. The molecule has 1 aromatic carbocycles. The van der Waals surface area contributed by atoms with E-state index in [0.717, 1.165) is 19.6 Å². The Hall–Kier alpha value is -1.13. The number of halogens is 1. The molecule has 2 atom stereocenters. The van der Waals surface area contributed by atoms with Crippen molar-refractivity contribution in [2.75, 3.05) is 26.2 Å². The maximum Gasteiger partial charge on any atom is 0.165 e. The first kappa shape index (κ1) is 16.2. The molecule has 118 valence electrons. The Balaban J connectivity index is 1.86. The number of benzene rings is 1. The predicted molar refractivity (Wildman–Crippen MR) is 83.9 cm³/mol. The zero-order valence-electron chi connectivity index (χ0n) is 12.9. The van der Waals surface area contributed by atoms with Crippen molar-refractivity contribution in [1.29, 1.82) is 0 Å².